The lowest BCUT2D eigenvalue weighted by Gasteiger charge is -2.24. The van der Waals surface area contributed by atoms with Crippen molar-refractivity contribution in [3.05, 3.63) is 64.3 Å². The molecule has 0 spiro atoms. The van der Waals surface area contributed by atoms with E-state index in [1.54, 1.807) is 22.9 Å². The number of fused-ring (bicyclic) bond motifs is 1. The quantitative estimate of drug-likeness (QED) is 0.629. The van der Waals surface area contributed by atoms with Crippen molar-refractivity contribution in [3.8, 4) is 17.2 Å². The number of carbonyl (C=O) groups excluding carboxylic acids is 2. The molecule has 1 amide bonds. The molecule has 31 heavy (non-hydrogen) atoms. The molecule has 0 aliphatic carbocycles. The Bertz CT molecular complexity index is 1170. The van der Waals surface area contributed by atoms with Gasteiger partial charge < -0.3 is 14.8 Å². The normalized spacial score (nSPS) is 15.3. The van der Waals surface area contributed by atoms with Gasteiger partial charge in [0.2, 0.25) is 5.91 Å². The number of methoxy groups -OCH3 is 2. The number of hydrogen-bond donors (Lipinski definition) is 1. The standard InChI is InChI=1S/C24H25N3O4/c1-13-8-6-9-17(14(13)2)27-24-21(15(3)26-27)16(12-20(28)25-24)23(29)22-18(30-4)10-7-11-19(22)31-5/h6-11,16H,12H2,1-5H3,(H,25,28). The first-order valence-corrected chi connectivity index (χ1v) is 10.1. The zero-order valence-corrected chi connectivity index (χ0v) is 18.3. The maximum absolute atomic E-state index is 13.7. The van der Waals surface area contributed by atoms with Gasteiger partial charge in [0, 0.05) is 12.0 Å². The number of aryl methyl sites for hydroxylation is 2. The van der Waals surface area contributed by atoms with Crippen LogP contribution in [0.4, 0.5) is 5.82 Å². The highest BCUT2D eigenvalue weighted by atomic mass is 16.5. The zero-order valence-electron chi connectivity index (χ0n) is 18.3. The van der Waals surface area contributed by atoms with Crippen molar-refractivity contribution in [2.45, 2.75) is 33.1 Å². The smallest absolute Gasteiger partial charge is 0.226 e. The van der Waals surface area contributed by atoms with Crippen LogP contribution in [0, 0.1) is 20.8 Å². The van der Waals surface area contributed by atoms with E-state index in [-0.39, 0.29) is 18.1 Å². The van der Waals surface area contributed by atoms with Gasteiger partial charge in [-0.1, -0.05) is 18.2 Å². The molecule has 1 atom stereocenters. The average molecular weight is 419 g/mol. The van der Waals surface area contributed by atoms with Crippen LogP contribution in [0.15, 0.2) is 36.4 Å². The van der Waals surface area contributed by atoms with Crippen LogP contribution in [0.3, 0.4) is 0 Å². The van der Waals surface area contributed by atoms with Gasteiger partial charge in [0.05, 0.1) is 31.5 Å². The van der Waals surface area contributed by atoms with E-state index < -0.39 is 5.92 Å². The number of anilines is 1. The first kappa shape index (κ1) is 20.7. The lowest BCUT2D eigenvalue weighted by Crippen LogP contribution is -2.29. The first-order valence-electron chi connectivity index (χ1n) is 10.1. The summed E-state index contributed by atoms with van der Waals surface area (Å²) in [6.45, 7) is 5.90. The molecule has 1 aliphatic rings. The molecule has 1 aliphatic heterocycles. The maximum Gasteiger partial charge on any atom is 0.226 e. The Morgan fingerprint density at radius 3 is 2.35 bits per heavy atom. The summed E-state index contributed by atoms with van der Waals surface area (Å²) in [4.78, 5) is 26.4. The Labute approximate surface area is 181 Å². The minimum absolute atomic E-state index is 0.0341. The van der Waals surface area contributed by atoms with Crippen molar-refractivity contribution < 1.29 is 19.1 Å². The molecule has 0 saturated carbocycles. The topological polar surface area (TPSA) is 82.4 Å². The SMILES string of the molecule is COc1cccc(OC)c1C(=O)C1CC(=O)Nc2c1c(C)nn2-c1cccc(C)c1C. The van der Waals surface area contributed by atoms with Gasteiger partial charge in [0.15, 0.2) is 5.78 Å². The third kappa shape index (κ3) is 3.36. The summed E-state index contributed by atoms with van der Waals surface area (Å²) < 4.78 is 12.6. The summed E-state index contributed by atoms with van der Waals surface area (Å²) in [5, 5.41) is 7.63. The van der Waals surface area contributed by atoms with Crippen LogP contribution in [0.1, 0.15) is 45.1 Å². The highest BCUT2D eigenvalue weighted by Gasteiger charge is 2.38. The van der Waals surface area contributed by atoms with Crippen molar-refractivity contribution in [1.82, 2.24) is 9.78 Å². The van der Waals surface area contributed by atoms with Crippen LogP contribution in [0.25, 0.3) is 5.69 Å². The van der Waals surface area contributed by atoms with Crippen LogP contribution < -0.4 is 14.8 Å². The largest absolute Gasteiger partial charge is 0.496 e. The molecule has 0 fully saturated rings. The minimum atomic E-state index is -0.687. The van der Waals surface area contributed by atoms with Crippen LogP contribution in [0.2, 0.25) is 0 Å². The Morgan fingerprint density at radius 1 is 1.06 bits per heavy atom. The van der Waals surface area contributed by atoms with Gasteiger partial charge in [-0.05, 0) is 50.1 Å². The highest BCUT2D eigenvalue weighted by Crippen LogP contribution is 2.41. The number of Topliss-reactive ketones (excluding diaryl/α,β-unsaturated/α-hetero) is 1. The van der Waals surface area contributed by atoms with E-state index in [4.69, 9.17) is 14.6 Å². The molecule has 1 N–H and O–H groups in total. The number of amides is 1. The van der Waals surface area contributed by atoms with Crippen molar-refractivity contribution in [2.24, 2.45) is 0 Å². The molecule has 1 unspecified atom stereocenters. The Hall–Kier alpha value is -3.61. The van der Waals surface area contributed by atoms with Gasteiger partial charge in [0.1, 0.15) is 22.9 Å². The van der Waals surface area contributed by atoms with E-state index in [2.05, 4.69) is 5.32 Å². The van der Waals surface area contributed by atoms with E-state index in [9.17, 15) is 9.59 Å². The van der Waals surface area contributed by atoms with Gasteiger partial charge in [0.25, 0.3) is 0 Å². The molecular weight excluding hydrogens is 394 g/mol. The molecule has 7 heteroatoms. The second-order valence-corrected chi connectivity index (χ2v) is 7.69. The lowest BCUT2D eigenvalue weighted by molar-refractivity contribution is -0.116. The predicted molar refractivity (Wildman–Crippen MR) is 118 cm³/mol. The van der Waals surface area contributed by atoms with Gasteiger partial charge in [-0.25, -0.2) is 4.68 Å². The van der Waals surface area contributed by atoms with Gasteiger partial charge in [-0.3, -0.25) is 9.59 Å². The third-order valence-corrected chi connectivity index (χ3v) is 5.90. The molecule has 2 heterocycles. The summed E-state index contributed by atoms with van der Waals surface area (Å²) in [6.07, 6.45) is 0.0341. The molecule has 160 valence electrons. The molecule has 0 radical (unpaired) electrons. The van der Waals surface area contributed by atoms with E-state index in [0.717, 1.165) is 22.4 Å². The average Bonchev–Trinajstić information content (AvgIpc) is 3.09. The van der Waals surface area contributed by atoms with Crippen molar-refractivity contribution in [2.75, 3.05) is 19.5 Å². The van der Waals surface area contributed by atoms with Crippen molar-refractivity contribution in [3.63, 3.8) is 0 Å². The number of carbonyl (C=O) groups is 2. The number of hydrogen-bond acceptors (Lipinski definition) is 5. The Morgan fingerprint density at radius 2 is 1.71 bits per heavy atom. The Balaban J connectivity index is 1.89. The lowest BCUT2D eigenvalue weighted by atomic mass is 9.84. The molecule has 2 aromatic carbocycles. The molecule has 0 saturated heterocycles. The summed E-state index contributed by atoms with van der Waals surface area (Å²) in [5.41, 5.74) is 4.79. The van der Waals surface area contributed by atoms with Gasteiger partial charge in [-0.2, -0.15) is 5.10 Å². The van der Waals surface area contributed by atoms with E-state index in [1.807, 2.05) is 39.0 Å². The van der Waals surface area contributed by atoms with E-state index >= 15 is 0 Å². The van der Waals surface area contributed by atoms with Crippen molar-refractivity contribution in [1.29, 1.82) is 0 Å². The number of ether oxygens (including phenoxy) is 2. The maximum atomic E-state index is 13.7. The van der Waals surface area contributed by atoms with Crippen LogP contribution in [-0.2, 0) is 4.79 Å². The molecule has 0 bridgehead atoms. The zero-order chi connectivity index (χ0) is 22.3. The van der Waals surface area contributed by atoms with Crippen LogP contribution >= 0.6 is 0 Å². The van der Waals surface area contributed by atoms with Crippen molar-refractivity contribution >= 4 is 17.5 Å². The number of rotatable bonds is 5. The van der Waals surface area contributed by atoms with Crippen LogP contribution in [0.5, 0.6) is 11.5 Å². The number of nitrogens with zero attached hydrogens (tertiary/aromatic N) is 2. The molecule has 4 rings (SSSR count). The highest BCUT2D eigenvalue weighted by molar-refractivity contribution is 6.10. The van der Waals surface area contributed by atoms with E-state index in [0.29, 0.717) is 28.6 Å². The number of aromatic nitrogens is 2. The first-order chi connectivity index (χ1) is 14.9. The van der Waals surface area contributed by atoms with Gasteiger partial charge in [-0.15, -0.1) is 0 Å². The fourth-order valence-electron chi connectivity index (χ4n) is 4.18. The van der Waals surface area contributed by atoms with E-state index in [1.165, 1.54) is 14.2 Å². The Kier molecular flexibility index (Phi) is 5.27. The molecule has 1 aromatic heterocycles. The second-order valence-electron chi connectivity index (χ2n) is 7.69. The van der Waals surface area contributed by atoms with Crippen LogP contribution in [-0.4, -0.2) is 35.7 Å². The summed E-state index contributed by atoms with van der Waals surface area (Å²) in [5.74, 6) is 0.218. The summed E-state index contributed by atoms with van der Waals surface area (Å²) in [6, 6.07) is 11.1. The molecule has 7 nitrogen and oxygen atoms in total. The fraction of sp³-hybridized carbons (Fsp3) is 0.292. The van der Waals surface area contributed by atoms with Gasteiger partial charge >= 0.3 is 0 Å². The molecular formula is C24H25N3O4. The number of benzene rings is 2. The third-order valence-electron chi connectivity index (χ3n) is 5.90. The number of nitrogens with one attached hydrogen (secondary N) is 1. The summed E-state index contributed by atoms with van der Waals surface area (Å²) in [7, 11) is 3.02. The second kappa shape index (κ2) is 7.91. The fourth-order valence-corrected chi connectivity index (χ4v) is 4.18. The number of ketones is 1. The predicted octanol–water partition coefficient (Wildman–Crippen LogP) is 4.12. The minimum Gasteiger partial charge on any atom is -0.496 e. The monoisotopic (exact) mass is 419 g/mol. The molecule has 3 aromatic rings. The summed E-state index contributed by atoms with van der Waals surface area (Å²) >= 11 is 0.